The molecular formula is C9H11N5OS2. The fourth-order valence-corrected chi connectivity index (χ4v) is 2.83. The minimum Gasteiger partial charge on any atom is -0.476 e. The van der Waals surface area contributed by atoms with E-state index in [4.69, 9.17) is 10.5 Å². The molecule has 17 heavy (non-hydrogen) atoms. The van der Waals surface area contributed by atoms with Gasteiger partial charge in [-0.15, -0.1) is 10.2 Å². The Labute approximate surface area is 107 Å². The molecule has 0 aromatic carbocycles. The molecule has 0 aliphatic rings. The van der Waals surface area contributed by atoms with Crippen LogP contribution in [0.3, 0.4) is 0 Å². The molecule has 2 heterocycles. The van der Waals surface area contributed by atoms with Crippen molar-refractivity contribution in [2.24, 2.45) is 0 Å². The lowest BCUT2D eigenvalue weighted by atomic mass is 10.5. The quantitative estimate of drug-likeness (QED) is 0.846. The molecule has 8 heteroatoms. The van der Waals surface area contributed by atoms with Crippen LogP contribution in [-0.2, 0) is 0 Å². The molecule has 2 rings (SSSR count). The first-order valence-electron chi connectivity index (χ1n) is 4.92. The molecule has 0 amide bonds. The van der Waals surface area contributed by atoms with Crippen molar-refractivity contribution in [3.05, 3.63) is 11.3 Å². The predicted molar refractivity (Wildman–Crippen MR) is 66.4 cm³/mol. The zero-order valence-electron chi connectivity index (χ0n) is 9.38. The van der Waals surface area contributed by atoms with Gasteiger partial charge >= 0.3 is 0 Å². The van der Waals surface area contributed by atoms with Crippen LogP contribution in [-0.4, -0.2) is 26.8 Å². The van der Waals surface area contributed by atoms with Crippen molar-refractivity contribution in [3.63, 3.8) is 0 Å². The third-order valence-electron chi connectivity index (χ3n) is 1.78. The van der Waals surface area contributed by atoms with Gasteiger partial charge in [-0.3, -0.25) is 0 Å². The van der Waals surface area contributed by atoms with Crippen molar-refractivity contribution < 1.29 is 4.74 Å². The van der Waals surface area contributed by atoms with Crippen LogP contribution in [0.15, 0.2) is 15.7 Å². The lowest BCUT2D eigenvalue weighted by Gasteiger charge is -2.07. The Balaban J connectivity index is 2.23. The molecular weight excluding hydrogens is 258 g/mol. The zero-order chi connectivity index (χ0) is 12.3. The standard InChI is InChI=1S/C9H11N5OS2/c1-3-15-7-6(10)8(12-4-11-7)17-9-14-13-5(2)16-9/h4H,3,10H2,1-2H3. The molecule has 0 unspecified atom stereocenters. The maximum Gasteiger partial charge on any atom is 0.241 e. The maximum atomic E-state index is 5.91. The number of anilines is 1. The third-order valence-corrected chi connectivity index (χ3v) is 3.69. The largest absolute Gasteiger partial charge is 0.476 e. The van der Waals surface area contributed by atoms with Gasteiger partial charge in [0.25, 0.3) is 0 Å². The van der Waals surface area contributed by atoms with E-state index in [-0.39, 0.29) is 0 Å². The maximum absolute atomic E-state index is 5.91. The first-order valence-corrected chi connectivity index (χ1v) is 6.55. The summed E-state index contributed by atoms with van der Waals surface area (Å²) < 4.78 is 6.10. The van der Waals surface area contributed by atoms with E-state index >= 15 is 0 Å². The van der Waals surface area contributed by atoms with E-state index in [0.29, 0.717) is 23.2 Å². The van der Waals surface area contributed by atoms with Crippen molar-refractivity contribution in [1.82, 2.24) is 20.2 Å². The number of nitrogen functional groups attached to an aromatic ring is 1. The number of hydrogen-bond acceptors (Lipinski definition) is 8. The highest BCUT2D eigenvalue weighted by atomic mass is 32.2. The van der Waals surface area contributed by atoms with Gasteiger partial charge in [0.1, 0.15) is 22.0 Å². The molecule has 0 atom stereocenters. The fraction of sp³-hybridized carbons (Fsp3) is 0.333. The topological polar surface area (TPSA) is 86.8 Å². The molecule has 0 fully saturated rings. The monoisotopic (exact) mass is 269 g/mol. The second kappa shape index (κ2) is 5.28. The van der Waals surface area contributed by atoms with Gasteiger partial charge in [0.15, 0.2) is 4.34 Å². The Hall–Kier alpha value is -1.41. The lowest BCUT2D eigenvalue weighted by molar-refractivity contribution is 0.327. The van der Waals surface area contributed by atoms with Gasteiger partial charge in [-0.25, -0.2) is 4.98 Å². The van der Waals surface area contributed by atoms with Crippen LogP contribution in [0.25, 0.3) is 0 Å². The fourth-order valence-electron chi connectivity index (χ4n) is 1.10. The Morgan fingerprint density at radius 2 is 2.24 bits per heavy atom. The zero-order valence-corrected chi connectivity index (χ0v) is 11.0. The summed E-state index contributed by atoms with van der Waals surface area (Å²) in [7, 11) is 0. The minimum absolute atomic E-state index is 0.409. The lowest BCUT2D eigenvalue weighted by Crippen LogP contribution is -2.02. The molecule has 2 N–H and O–H groups in total. The normalized spacial score (nSPS) is 10.5. The van der Waals surface area contributed by atoms with Gasteiger partial charge in [0.05, 0.1) is 6.61 Å². The molecule has 6 nitrogen and oxygen atoms in total. The number of rotatable bonds is 4. The van der Waals surface area contributed by atoms with Crippen LogP contribution >= 0.6 is 23.1 Å². The van der Waals surface area contributed by atoms with Gasteiger partial charge in [0.2, 0.25) is 5.88 Å². The van der Waals surface area contributed by atoms with E-state index < -0.39 is 0 Å². The van der Waals surface area contributed by atoms with Crippen LogP contribution in [0.2, 0.25) is 0 Å². The first-order chi connectivity index (χ1) is 8.20. The summed E-state index contributed by atoms with van der Waals surface area (Å²) >= 11 is 2.86. The van der Waals surface area contributed by atoms with Crippen LogP contribution in [0.5, 0.6) is 5.88 Å². The summed E-state index contributed by atoms with van der Waals surface area (Å²) in [5.41, 5.74) is 6.35. The molecule has 0 spiro atoms. The summed E-state index contributed by atoms with van der Waals surface area (Å²) in [6, 6.07) is 0. The Morgan fingerprint density at radius 1 is 1.41 bits per heavy atom. The van der Waals surface area contributed by atoms with Gasteiger partial charge in [-0.05, 0) is 25.6 Å². The van der Waals surface area contributed by atoms with E-state index in [1.54, 1.807) is 0 Å². The molecule has 2 aromatic rings. The van der Waals surface area contributed by atoms with E-state index in [2.05, 4.69) is 20.2 Å². The second-order valence-corrected chi connectivity index (χ2v) is 5.44. The van der Waals surface area contributed by atoms with Gasteiger partial charge < -0.3 is 10.5 Å². The highest BCUT2D eigenvalue weighted by Crippen LogP contribution is 2.34. The van der Waals surface area contributed by atoms with E-state index in [1.165, 1.54) is 29.4 Å². The number of hydrogen-bond donors (Lipinski definition) is 1. The average Bonchev–Trinajstić information content (AvgIpc) is 2.70. The highest BCUT2D eigenvalue weighted by Gasteiger charge is 2.12. The number of ether oxygens (including phenoxy) is 1. The van der Waals surface area contributed by atoms with Crippen molar-refractivity contribution in [2.45, 2.75) is 23.2 Å². The smallest absolute Gasteiger partial charge is 0.241 e. The number of nitrogens with two attached hydrogens (primary N) is 1. The summed E-state index contributed by atoms with van der Waals surface area (Å²) in [4.78, 5) is 8.08. The summed E-state index contributed by atoms with van der Waals surface area (Å²) in [6.45, 7) is 4.29. The van der Waals surface area contributed by atoms with E-state index in [1.807, 2.05) is 13.8 Å². The second-order valence-electron chi connectivity index (χ2n) is 3.02. The van der Waals surface area contributed by atoms with E-state index in [9.17, 15) is 0 Å². The summed E-state index contributed by atoms with van der Waals surface area (Å²) in [5.74, 6) is 0.409. The minimum atomic E-state index is 0.409. The molecule has 0 aliphatic heterocycles. The molecule has 0 bridgehead atoms. The molecule has 0 saturated heterocycles. The number of nitrogens with zero attached hydrogens (tertiary/aromatic N) is 4. The number of aryl methyl sites for hydroxylation is 1. The summed E-state index contributed by atoms with van der Waals surface area (Å²) in [6.07, 6.45) is 1.43. The third kappa shape index (κ3) is 2.83. The van der Waals surface area contributed by atoms with Crippen LogP contribution in [0, 0.1) is 6.92 Å². The van der Waals surface area contributed by atoms with Gasteiger partial charge in [0, 0.05) is 0 Å². The molecule has 0 saturated carbocycles. The number of aromatic nitrogens is 4. The summed E-state index contributed by atoms with van der Waals surface area (Å²) in [5, 5.41) is 9.48. The van der Waals surface area contributed by atoms with Crippen LogP contribution < -0.4 is 10.5 Å². The van der Waals surface area contributed by atoms with E-state index in [0.717, 1.165) is 9.35 Å². The Kier molecular flexibility index (Phi) is 3.75. The average molecular weight is 269 g/mol. The van der Waals surface area contributed by atoms with Crippen molar-refractivity contribution in [2.75, 3.05) is 12.3 Å². The Morgan fingerprint density at radius 3 is 2.88 bits per heavy atom. The molecule has 90 valence electrons. The van der Waals surface area contributed by atoms with Crippen LogP contribution in [0.1, 0.15) is 11.9 Å². The SMILES string of the molecule is CCOc1ncnc(Sc2nnc(C)s2)c1N. The predicted octanol–water partition coefficient (Wildman–Crippen LogP) is 1.77. The Bertz CT molecular complexity index is 516. The van der Waals surface area contributed by atoms with Gasteiger partial charge in [-0.2, -0.15) is 4.98 Å². The molecule has 0 radical (unpaired) electrons. The first kappa shape index (κ1) is 12.1. The van der Waals surface area contributed by atoms with Crippen molar-refractivity contribution in [1.29, 1.82) is 0 Å². The molecule has 0 aliphatic carbocycles. The van der Waals surface area contributed by atoms with Crippen LogP contribution in [0.4, 0.5) is 5.69 Å². The van der Waals surface area contributed by atoms with Crippen molar-refractivity contribution >= 4 is 28.8 Å². The molecule has 2 aromatic heterocycles. The van der Waals surface area contributed by atoms with Gasteiger partial charge in [-0.1, -0.05) is 11.3 Å². The van der Waals surface area contributed by atoms with Crippen molar-refractivity contribution in [3.8, 4) is 5.88 Å². The highest BCUT2D eigenvalue weighted by molar-refractivity contribution is 8.01.